The van der Waals surface area contributed by atoms with Gasteiger partial charge in [-0.05, 0) is 69.0 Å². The van der Waals surface area contributed by atoms with E-state index >= 15 is 0 Å². The number of likely N-dealkylation sites (tertiary alicyclic amines) is 1. The van der Waals surface area contributed by atoms with Gasteiger partial charge < -0.3 is 24.9 Å². The Hall–Kier alpha value is -3.77. The van der Waals surface area contributed by atoms with Crippen molar-refractivity contribution in [3.63, 3.8) is 0 Å². The fourth-order valence-corrected chi connectivity index (χ4v) is 8.34. The summed E-state index contributed by atoms with van der Waals surface area (Å²) in [4.78, 5) is 56.9. The average Bonchev–Trinajstić information content (AvgIpc) is 2.97. The van der Waals surface area contributed by atoms with Crippen LogP contribution in [0.1, 0.15) is 51.5 Å². The molecular formula is C34H45N7O4S. The van der Waals surface area contributed by atoms with E-state index in [0.29, 0.717) is 31.6 Å². The predicted molar refractivity (Wildman–Crippen MR) is 183 cm³/mol. The molecule has 4 aliphatic rings. The van der Waals surface area contributed by atoms with Crippen molar-refractivity contribution in [3.8, 4) is 0 Å². The largest absolute Gasteiger partial charge is 0.376 e. The Kier molecular flexibility index (Phi) is 8.95. The molecule has 2 N–H and O–H groups in total. The van der Waals surface area contributed by atoms with Crippen LogP contribution in [0.5, 0.6) is 0 Å². The first-order valence-corrected chi connectivity index (χ1v) is 17.1. The van der Waals surface area contributed by atoms with Gasteiger partial charge in [0.15, 0.2) is 0 Å². The van der Waals surface area contributed by atoms with Crippen molar-refractivity contribution in [2.75, 3.05) is 66.8 Å². The van der Waals surface area contributed by atoms with Crippen molar-refractivity contribution >= 4 is 59.0 Å². The molecule has 1 spiro atoms. The third-order valence-electron chi connectivity index (χ3n) is 9.78. The molecule has 4 heterocycles. The summed E-state index contributed by atoms with van der Waals surface area (Å²) in [5, 5.41) is 5.45. The molecule has 46 heavy (non-hydrogen) atoms. The van der Waals surface area contributed by atoms with Crippen LogP contribution in [0.15, 0.2) is 42.5 Å². The Morgan fingerprint density at radius 2 is 1.85 bits per heavy atom. The van der Waals surface area contributed by atoms with Gasteiger partial charge in [0.25, 0.3) is 0 Å². The SMILES string of the molecule is CN(C)c1cc(N2CC3(CN(C(=O)Nc4cccc(CSN5CCCCC5(C)C)c4)C3)C2)ccc1N(C=O)C1CCC(=O)NC1=O. The third kappa shape index (κ3) is 6.55. The summed E-state index contributed by atoms with van der Waals surface area (Å²) in [5.41, 5.74) is 4.79. The molecule has 4 aliphatic heterocycles. The molecule has 4 saturated heterocycles. The molecule has 0 saturated carbocycles. The third-order valence-corrected chi connectivity index (χ3v) is 11.2. The Morgan fingerprint density at radius 3 is 2.54 bits per heavy atom. The van der Waals surface area contributed by atoms with Gasteiger partial charge in [0.2, 0.25) is 18.2 Å². The fourth-order valence-electron chi connectivity index (χ4n) is 7.16. The molecule has 0 aromatic heterocycles. The highest BCUT2D eigenvalue weighted by Gasteiger charge is 2.53. The van der Waals surface area contributed by atoms with E-state index in [2.05, 4.69) is 45.8 Å². The first-order valence-electron chi connectivity index (χ1n) is 16.2. The number of carbonyl (C=O) groups excluding carboxylic acids is 4. The zero-order valence-corrected chi connectivity index (χ0v) is 28.1. The smallest absolute Gasteiger partial charge is 0.321 e. The number of urea groups is 1. The number of hydrogen-bond acceptors (Lipinski definition) is 8. The van der Waals surface area contributed by atoms with Crippen molar-refractivity contribution in [1.82, 2.24) is 14.5 Å². The minimum absolute atomic E-state index is 0.0623. The number of nitrogens with one attached hydrogen (secondary N) is 2. The summed E-state index contributed by atoms with van der Waals surface area (Å²) in [7, 11) is 3.81. The van der Waals surface area contributed by atoms with Gasteiger partial charge in [-0.25, -0.2) is 9.10 Å². The van der Waals surface area contributed by atoms with E-state index in [-0.39, 0.29) is 29.3 Å². The van der Waals surface area contributed by atoms with Crippen LogP contribution in [0.4, 0.5) is 27.5 Å². The van der Waals surface area contributed by atoms with Crippen LogP contribution in [0.2, 0.25) is 0 Å². The van der Waals surface area contributed by atoms with Gasteiger partial charge in [-0.3, -0.25) is 19.7 Å². The van der Waals surface area contributed by atoms with Gasteiger partial charge in [0.1, 0.15) is 6.04 Å². The maximum Gasteiger partial charge on any atom is 0.321 e. The summed E-state index contributed by atoms with van der Waals surface area (Å²) in [6, 6.07) is 13.3. The van der Waals surface area contributed by atoms with Crippen LogP contribution in [0.25, 0.3) is 0 Å². The summed E-state index contributed by atoms with van der Waals surface area (Å²) < 4.78 is 2.51. The molecule has 1 atom stereocenters. The quantitative estimate of drug-likeness (QED) is 0.236. The lowest BCUT2D eigenvalue weighted by Gasteiger charge is -2.60. The van der Waals surface area contributed by atoms with Crippen LogP contribution in [0, 0.1) is 5.41 Å². The lowest BCUT2D eigenvalue weighted by atomic mass is 9.72. The number of hydrogen-bond donors (Lipinski definition) is 2. The maximum absolute atomic E-state index is 13.1. The van der Waals surface area contributed by atoms with Crippen LogP contribution < -0.4 is 25.3 Å². The second-order valence-corrected chi connectivity index (χ2v) is 15.0. The zero-order chi connectivity index (χ0) is 32.6. The van der Waals surface area contributed by atoms with Gasteiger partial charge in [0, 0.05) is 81.3 Å². The molecule has 0 radical (unpaired) electrons. The Morgan fingerprint density at radius 1 is 1.07 bits per heavy atom. The van der Waals surface area contributed by atoms with Crippen molar-refractivity contribution < 1.29 is 19.2 Å². The lowest BCUT2D eigenvalue weighted by molar-refractivity contribution is -0.134. The van der Waals surface area contributed by atoms with Crippen molar-refractivity contribution in [2.24, 2.45) is 5.41 Å². The average molecular weight is 648 g/mol. The van der Waals surface area contributed by atoms with E-state index in [1.54, 1.807) is 0 Å². The second kappa shape index (κ2) is 12.8. The van der Waals surface area contributed by atoms with E-state index in [9.17, 15) is 19.2 Å². The zero-order valence-electron chi connectivity index (χ0n) is 27.3. The number of piperidine rings is 2. The molecule has 12 heteroatoms. The first kappa shape index (κ1) is 32.2. The summed E-state index contributed by atoms with van der Waals surface area (Å²) in [6.45, 7) is 8.86. The molecule has 11 nitrogen and oxygen atoms in total. The molecule has 5 amide bonds. The van der Waals surface area contributed by atoms with Gasteiger partial charge >= 0.3 is 6.03 Å². The number of anilines is 4. The summed E-state index contributed by atoms with van der Waals surface area (Å²) in [5.74, 6) is 0.116. The first-order chi connectivity index (χ1) is 22.0. The Labute approximate surface area is 275 Å². The fraction of sp³-hybridized carbons (Fsp3) is 0.529. The summed E-state index contributed by atoms with van der Waals surface area (Å²) in [6.07, 6.45) is 4.92. The Balaban J connectivity index is 1.02. The normalized spacial score (nSPS) is 22.0. The number of nitrogens with zero attached hydrogens (tertiary/aromatic N) is 5. The minimum Gasteiger partial charge on any atom is -0.376 e. The predicted octanol–water partition coefficient (Wildman–Crippen LogP) is 4.29. The summed E-state index contributed by atoms with van der Waals surface area (Å²) >= 11 is 1.89. The molecule has 246 valence electrons. The van der Waals surface area contributed by atoms with E-state index in [4.69, 9.17) is 0 Å². The van der Waals surface area contributed by atoms with Crippen molar-refractivity contribution in [1.29, 1.82) is 0 Å². The molecular weight excluding hydrogens is 602 g/mol. The van der Waals surface area contributed by atoms with Gasteiger partial charge in [-0.1, -0.05) is 30.5 Å². The van der Waals surface area contributed by atoms with Gasteiger partial charge in [-0.15, -0.1) is 0 Å². The van der Waals surface area contributed by atoms with Gasteiger partial charge in [0.05, 0.1) is 11.4 Å². The number of rotatable bonds is 9. The number of benzene rings is 2. The van der Waals surface area contributed by atoms with Crippen LogP contribution in [-0.2, 0) is 20.1 Å². The monoisotopic (exact) mass is 647 g/mol. The molecule has 1 unspecified atom stereocenters. The van der Waals surface area contributed by atoms with Crippen LogP contribution >= 0.6 is 11.9 Å². The van der Waals surface area contributed by atoms with E-state index in [0.717, 1.165) is 42.4 Å². The highest BCUT2D eigenvalue weighted by molar-refractivity contribution is 7.96. The highest BCUT2D eigenvalue weighted by Crippen LogP contribution is 2.44. The standard InChI is InChI=1S/C34H45N7O4S/c1-33(2)14-5-6-15-41(33)46-18-24-8-7-9-25(16-24)35-32(45)39-21-34(22-39)19-38(20-34)26-10-11-27(29(17-26)37(3)4)40(23-42)28-12-13-30(43)36-31(28)44/h7-11,16-17,23,28H,5-6,12-15,18-22H2,1-4H3,(H,35,45)(H,36,43,44). The minimum atomic E-state index is -0.729. The molecule has 4 fully saturated rings. The van der Waals surface area contributed by atoms with Crippen LogP contribution in [0.3, 0.4) is 0 Å². The number of imide groups is 1. The van der Waals surface area contributed by atoms with Gasteiger partial charge in [-0.2, -0.15) is 0 Å². The van der Waals surface area contributed by atoms with Crippen molar-refractivity contribution in [2.45, 2.75) is 63.3 Å². The molecule has 0 bridgehead atoms. The maximum atomic E-state index is 13.1. The number of amides is 5. The molecule has 2 aromatic rings. The van der Waals surface area contributed by atoms with E-state index < -0.39 is 11.9 Å². The Bertz CT molecular complexity index is 1500. The topological polar surface area (TPSA) is 109 Å². The second-order valence-electron chi connectivity index (χ2n) is 14.0. The molecule has 2 aromatic carbocycles. The lowest BCUT2D eigenvalue weighted by Crippen LogP contribution is -2.73. The van der Waals surface area contributed by atoms with Crippen molar-refractivity contribution in [3.05, 3.63) is 48.0 Å². The van der Waals surface area contributed by atoms with E-state index in [1.807, 2.05) is 66.2 Å². The molecule has 0 aliphatic carbocycles. The van der Waals surface area contributed by atoms with E-state index in [1.165, 1.54) is 29.7 Å². The highest BCUT2D eigenvalue weighted by atomic mass is 32.2. The number of carbonyl (C=O) groups is 4. The molecule has 6 rings (SSSR count). The van der Waals surface area contributed by atoms with Crippen LogP contribution in [-0.4, -0.2) is 91.9 Å².